The molecule has 5 nitrogen and oxygen atoms in total. The zero-order valence-corrected chi connectivity index (χ0v) is 13.3. The fourth-order valence-electron chi connectivity index (χ4n) is 1.81. The first-order valence-corrected chi connectivity index (χ1v) is 7.64. The molecule has 0 heterocycles. The van der Waals surface area contributed by atoms with Crippen molar-refractivity contribution in [3.63, 3.8) is 0 Å². The van der Waals surface area contributed by atoms with Gasteiger partial charge in [0.05, 0.1) is 25.9 Å². The van der Waals surface area contributed by atoms with Gasteiger partial charge < -0.3 is 14.2 Å². The van der Waals surface area contributed by atoms with Gasteiger partial charge >= 0.3 is 11.9 Å². The highest BCUT2D eigenvalue weighted by atomic mass is 16.5. The van der Waals surface area contributed by atoms with E-state index in [2.05, 4.69) is 4.74 Å². The van der Waals surface area contributed by atoms with Gasteiger partial charge in [0.2, 0.25) is 0 Å². The molecule has 0 N–H and O–H groups in total. The van der Waals surface area contributed by atoms with Gasteiger partial charge in [-0.15, -0.1) is 0 Å². The second-order valence-corrected chi connectivity index (χ2v) is 4.90. The molecule has 1 aromatic carbocycles. The van der Waals surface area contributed by atoms with Crippen molar-refractivity contribution >= 4 is 11.9 Å². The van der Waals surface area contributed by atoms with Crippen molar-refractivity contribution in [3.8, 4) is 5.75 Å². The molecule has 0 spiro atoms. The molecule has 0 amide bonds. The number of methoxy groups -OCH3 is 1. The van der Waals surface area contributed by atoms with E-state index < -0.39 is 0 Å². The number of carbonyl (C=O) groups is 2. The Bertz CT molecular complexity index is 453. The third-order valence-electron chi connectivity index (χ3n) is 3.05. The van der Waals surface area contributed by atoms with Crippen LogP contribution in [-0.2, 0) is 14.3 Å². The van der Waals surface area contributed by atoms with Gasteiger partial charge in [-0.1, -0.05) is 6.92 Å². The molecule has 0 fully saturated rings. The number of hydrogen-bond donors (Lipinski definition) is 0. The topological polar surface area (TPSA) is 61.8 Å². The van der Waals surface area contributed by atoms with Crippen LogP contribution in [0.15, 0.2) is 24.3 Å². The third-order valence-corrected chi connectivity index (χ3v) is 3.05. The van der Waals surface area contributed by atoms with Crippen LogP contribution < -0.4 is 4.74 Å². The second kappa shape index (κ2) is 10.7. The van der Waals surface area contributed by atoms with Crippen molar-refractivity contribution in [2.45, 2.75) is 39.0 Å². The van der Waals surface area contributed by atoms with Crippen LogP contribution in [0.4, 0.5) is 0 Å². The SMILES string of the molecule is CCCOc1ccc(C(=O)OCCCCCC(=O)OC)cc1. The van der Waals surface area contributed by atoms with Crippen LogP contribution in [0.3, 0.4) is 0 Å². The van der Waals surface area contributed by atoms with Gasteiger partial charge in [0.25, 0.3) is 0 Å². The third kappa shape index (κ3) is 7.11. The largest absolute Gasteiger partial charge is 0.494 e. The maximum atomic E-state index is 11.8. The zero-order valence-electron chi connectivity index (χ0n) is 13.3. The minimum atomic E-state index is -0.338. The first kappa shape index (κ1) is 18.0. The molecule has 0 aliphatic rings. The molecule has 122 valence electrons. The van der Waals surface area contributed by atoms with Crippen LogP contribution in [0.5, 0.6) is 5.75 Å². The van der Waals surface area contributed by atoms with E-state index in [-0.39, 0.29) is 11.9 Å². The molecular formula is C17H24O5. The van der Waals surface area contributed by atoms with Crippen molar-refractivity contribution in [2.75, 3.05) is 20.3 Å². The lowest BCUT2D eigenvalue weighted by atomic mass is 10.2. The van der Waals surface area contributed by atoms with Crippen LogP contribution in [0.1, 0.15) is 49.4 Å². The Morgan fingerprint density at radius 2 is 1.73 bits per heavy atom. The smallest absolute Gasteiger partial charge is 0.338 e. The number of carbonyl (C=O) groups excluding carboxylic acids is 2. The normalized spacial score (nSPS) is 10.1. The van der Waals surface area contributed by atoms with E-state index in [0.717, 1.165) is 31.4 Å². The number of rotatable bonds is 10. The lowest BCUT2D eigenvalue weighted by Crippen LogP contribution is -2.07. The van der Waals surface area contributed by atoms with Gasteiger partial charge in [0.1, 0.15) is 5.75 Å². The molecule has 0 atom stereocenters. The second-order valence-electron chi connectivity index (χ2n) is 4.90. The van der Waals surface area contributed by atoms with Gasteiger partial charge in [0, 0.05) is 6.42 Å². The van der Waals surface area contributed by atoms with Crippen molar-refractivity contribution in [2.24, 2.45) is 0 Å². The van der Waals surface area contributed by atoms with Gasteiger partial charge in [-0.25, -0.2) is 4.79 Å². The van der Waals surface area contributed by atoms with Crippen LogP contribution in [0, 0.1) is 0 Å². The molecule has 5 heteroatoms. The van der Waals surface area contributed by atoms with Gasteiger partial charge in [0.15, 0.2) is 0 Å². The molecule has 0 saturated carbocycles. The maximum absolute atomic E-state index is 11.8. The first-order chi connectivity index (χ1) is 10.7. The Labute approximate surface area is 131 Å². The van der Waals surface area contributed by atoms with E-state index in [9.17, 15) is 9.59 Å². The highest BCUT2D eigenvalue weighted by molar-refractivity contribution is 5.89. The van der Waals surface area contributed by atoms with Crippen LogP contribution in [0.25, 0.3) is 0 Å². The van der Waals surface area contributed by atoms with Crippen LogP contribution >= 0.6 is 0 Å². The summed E-state index contributed by atoms with van der Waals surface area (Å²) in [6.07, 6.45) is 3.66. The van der Waals surface area contributed by atoms with Crippen LogP contribution in [0.2, 0.25) is 0 Å². The molecular weight excluding hydrogens is 284 g/mol. The number of hydrogen-bond acceptors (Lipinski definition) is 5. The Kier molecular flexibility index (Phi) is 8.72. The Balaban J connectivity index is 2.20. The van der Waals surface area contributed by atoms with E-state index in [1.165, 1.54) is 7.11 Å². The number of esters is 2. The van der Waals surface area contributed by atoms with E-state index >= 15 is 0 Å². The standard InChI is InChI=1S/C17H24O5/c1-3-12-21-15-10-8-14(9-11-15)17(19)22-13-6-4-5-7-16(18)20-2/h8-11H,3-7,12-13H2,1-2H3. The fourth-order valence-corrected chi connectivity index (χ4v) is 1.81. The first-order valence-electron chi connectivity index (χ1n) is 7.64. The van der Waals surface area contributed by atoms with Gasteiger partial charge in [-0.3, -0.25) is 4.79 Å². The average Bonchev–Trinajstić information content (AvgIpc) is 2.56. The van der Waals surface area contributed by atoms with E-state index in [4.69, 9.17) is 9.47 Å². The van der Waals surface area contributed by atoms with Gasteiger partial charge in [-0.2, -0.15) is 0 Å². The summed E-state index contributed by atoms with van der Waals surface area (Å²) in [7, 11) is 1.38. The Hall–Kier alpha value is -2.04. The monoisotopic (exact) mass is 308 g/mol. The molecule has 0 unspecified atom stereocenters. The molecule has 0 bridgehead atoms. The van der Waals surface area contributed by atoms with Crippen molar-refractivity contribution in [3.05, 3.63) is 29.8 Å². The highest BCUT2D eigenvalue weighted by Crippen LogP contribution is 2.13. The molecule has 0 aromatic heterocycles. The quantitative estimate of drug-likeness (QED) is 0.490. The number of benzene rings is 1. The number of unbranched alkanes of at least 4 members (excludes halogenated alkanes) is 2. The van der Waals surface area contributed by atoms with Crippen LogP contribution in [-0.4, -0.2) is 32.3 Å². The Morgan fingerprint density at radius 1 is 1.00 bits per heavy atom. The summed E-state index contributed by atoms with van der Waals surface area (Å²) >= 11 is 0. The van der Waals surface area contributed by atoms with Crippen molar-refractivity contribution < 1.29 is 23.8 Å². The van der Waals surface area contributed by atoms with Crippen molar-refractivity contribution in [1.82, 2.24) is 0 Å². The molecule has 22 heavy (non-hydrogen) atoms. The summed E-state index contributed by atoms with van der Waals surface area (Å²) in [6, 6.07) is 6.93. The average molecular weight is 308 g/mol. The van der Waals surface area contributed by atoms with Crippen molar-refractivity contribution in [1.29, 1.82) is 0 Å². The summed E-state index contributed by atoms with van der Waals surface area (Å²) in [5, 5.41) is 0. The van der Waals surface area contributed by atoms with E-state index in [0.29, 0.717) is 25.2 Å². The molecule has 0 radical (unpaired) electrons. The lowest BCUT2D eigenvalue weighted by molar-refractivity contribution is -0.140. The molecule has 0 aliphatic carbocycles. The predicted octanol–water partition coefficient (Wildman–Crippen LogP) is 3.37. The van der Waals surface area contributed by atoms with E-state index in [1.807, 2.05) is 6.92 Å². The predicted molar refractivity (Wildman–Crippen MR) is 83.0 cm³/mol. The summed E-state index contributed by atoms with van der Waals surface area (Å²) < 4.78 is 15.2. The molecule has 1 rings (SSSR count). The highest BCUT2D eigenvalue weighted by Gasteiger charge is 2.07. The molecule has 1 aromatic rings. The summed E-state index contributed by atoms with van der Waals surface area (Å²) in [5.41, 5.74) is 0.512. The van der Waals surface area contributed by atoms with Gasteiger partial charge in [-0.05, 0) is 49.9 Å². The summed E-state index contributed by atoms with van der Waals surface area (Å²) in [6.45, 7) is 3.06. The molecule has 0 saturated heterocycles. The fraction of sp³-hybridized carbons (Fsp3) is 0.529. The minimum absolute atomic E-state index is 0.206. The summed E-state index contributed by atoms with van der Waals surface area (Å²) in [4.78, 5) is 22.7. The molecule has 0 aliphatic heterocycles. The van der Waals surface area contributed by atoms with E-state index in [1.54, 1.807) is 24.3 Å². The Morgan fingerprint density at radius 3 is 2.36 bits per heavy atom. The number of ether oxygens (including phenoxy) is 3. The zero-order chi connectivity index (χ0) is 16.2. The lowest BCUT2D eigenvalue weighted by Gasteiger charge is -2.07. The summed E-state index contributed by atoms with van der Waals surface area (Å²) in [5.74, 6) is 0.207. The minimum Gasteiger partial charge on any atom is -0.494 e. The maximum Gasteiger partial charge on any atom is 0.338 e.